The van der Waals surface area contributed by atoms with E-state index in [4.69, 9.17) is 9.47 Å². The normalized spacial score (nSPS) is 15.3. The predicted molar refractivity (Wildman–Crippen MR) is 119 cm³/mol. The minimum Gasteiger partial charge on any atom is -0.381 e. The summed E-state index contributed by atoms with van der Waals surface area (Å²) in [6.07, 6.45) is 5.56. The highest BCUT2D eigenvalue weighted by Gasteiger charge is 2.13. The van der Waals surface area contributed by atoms with Crippen molar-refractivity contribution in [2.75, 3.05) is 39.5 Å². The van der Waals surface area contributed by atoms with Gasteiger partial charge in [-0.2, -0.15) is 0 Å². The lowest BCUT2D eigenvalue weighted by Crippen LogP contribution is -2.38. The van der Waals surface area contributed by atoms with Gasteiger partial charge in [-0.15, -0.1) is 24.0 Å². The van der Waals surface area contributed by atoms with E-state index in [2.05, 4.69) is 52.9 Å². The van der Waals surface area contributed by atoms with Gasteiger partial charge >= 0.3 is 0 Å². The van der Waals surface area contributed by atoms with E-state index >= 15 is 0 Å². The predicted octanol–water partition coefficient (Wildman–Crippen LogP) is 3.38. The molecule has 1 fully saturated rings. The molecule has 0 atom stereocenters. The number of guanidine groups is 1. The van der Waals surface area contributed by atoms with Crippen LogP contribution in [0.3, 0.4) is 0 Å². The van der Waals surface area contributed by atoms with Crippen molar-refractivity contribution in [3.63, 3.8) is 0 Å². The fraction of sp³-hybridized carbons (Fsp3) is 0.650. The van der Waals surface area contributed by atoms with Gasteiger partial charge in [0.2, 0.25) is 0 Å². The number of rotatable bonds is 10. The highest BCUT2D eigenvalue weighted by Crippen LogP contribution is 2.10. The van der Waals surface area contributed by atoms with Crippen LogP contribution < -0.4 is 10.6 Å². The molecule has 0 unspecified atom stereocenters. The average Bonchev–Trinajstić information content (AvgIpc) is 2.66. The Labute approximate surface area is 175 Å². The molecule has 0 aliphatic carbocycles. The van der Waals surface area contributed by atoms with Crippen molar-refractivity contribution in [2.24, 2.45) is 4.99 Å². The fourth-order valence-electron chi connectivity index (χ4n) is 2.83. The number of aryl methyl sites for hydroxylation is 1. The minimum atomic E-state index is 0. The van der Waals surface area contributed by atoms with Crippen molar-refractivity contribution < 1.29 is 9.47 Å². The van der Waals surface area contributed by atoms with Crippen LogP contribution in [-0.2, 0) is 15.9 Å². The quantitative estimate of drug-likeness (QED) is 0.236. The molecule has 0 amide bonds. The Balaban J connectivity index is 0.00000338. The van der Waals surface area contributed by atoms with E-state index in [-0.39, 0.29) is 24.0 Å². The first-order chi connectivity index (χ1) is 12.4. The third-order valence-corrected chi connectivity index (χ3v) is 4.22. The van der Waals surface area contributed by atoms with E-state index in [1.54, 1.807) is 0 Å². The van der Waals surface area contributed by atoms with Gasteiger partial charge in [0, 0.05) is 39.5 Å². The molecule has 148 valence electrons. The summed E-state index contributed by atoms with van der Waals surface area (Å²) < 4.78 is 11.2. The maximum Gasteiger partial charge on any atom is 0.191 e. The molecule has 1 aromatic carbocycles. The van der Waals surface area contributed by atoms with E-state index in [0.29, 0.717) is 6.10 Å². The van der Waals surface area contributed by atoms with Gasteiger partial charge in [-0.1, -0.05) is 30.3 Å². The van der Waals surface area contributed by atoms with Gasteiger partial charge in [0.25, 0.3) is 0 Å². The van der Waals surface area contributed by atoms with Crippen LogP contribution in [0.5, 0.6) is 0 Å². The van der Waals surface area contributed by atoms with Gasteiger partial charge < -0.3 is 20.1 Å². The van der Waals surface area contributed by atoms with Crippen LogP contribution in [0.15, 0.2) is 35.3 Å². The molecule has 0 spiro atoms. The lowest BCUT2D eigenvalue weighted by atomic mass is 10.1. The lowest BCUT2D eigenvalue weighted by Gasteiger charge is -2.22. The van der Waals surface area contributed by atoms with Gasteiger partial charge in [-0.3, -0.25) is 4.99 Å². The number of halogens is 1. The molecule has 5 nitrogen and oxygen atoms in total. The number of nitrogens with zero attached hydrogens (tertiary/aromatic N) is 1. The molecular formula is C20H34IN3O2. The highest BCUT2D eigenvalue weighted by atomic mass is 127. The first kappa shape index (κ1) is 23.2. The standard InChI is InChI=1S/C20H33N3O2.HI/c1-2-21-20(22-13-6-10-18-8-4-3-5-9-18)23-14-7-15-25-19-11-16-24-17-12-19;/h3-5,8-9,19H,2,6-7,10-17H2,1H3,(H2,21,22,23);1H. The summed E-state index contributed by atoms with van der Waals surface area (Å²) in [5.41, 5.74) is 1.38. The Morgan fingerprint density at radius 2 is 1.92 bits per heavy atom. The summed E-state index contributed by atoms with van der Waals surface area (Å²) in [7, 11) is 0. The first-order valence-electron chi connectivity index (χ1n) is 9.64. The molecule has 1 aliphatic heterocycles. The van der Waals surface area contributed by atoms with E-state index < -0.39 is 0 Å². The van der Waals surface area contributed by atoms with Gasteiger partial charge in [0.05, 0.1) is 6.10 Å². The van der Waals surface area contributed by atoms with Crippen LogP contribution in [0.1, 0.15) is 38.2 Å². The second kappa shape index (κ2) is 15.2. The monoisotopic (exact) mass is 475 g/mol. The van der Waals surface area contributed by atoms with Gasteiger partial charge in [0.15, 0.2) is 5.96 Å². The summed E-state index contributed by atoms with van der Waals surface area (Å²) >= 11 is 0. The van der Waals surface area contributed by atoms with Crippen molar-refractivity contribution in [3.8, 4) is 0 Å². The SMILES string of the molecule is CCNC(=NCCCc1ccccc1)NCCCOC1CCOCC1.I. The Hall–Kier alpha value is -0.860. The maximum absolute atomic E-state index is 5.89. The van der Waals surface area contributed by atoms with Crippen LogP contribution in [0.4, 0.5) is 0 Å². The average molecular weight is 475 g/mol. The van der Waals surface area contributed by atoms with Crippen molar-refractivity contribution in [3.05, 3.63) is 35.9 Å². The molecule has 1 heterocycles. The number of nitrogens with one attached hydrogen (secondary N) is 2. The maximum atomic E-state index is 5.89. The zero-order valence-corrected chi connectivity index (χ0v) is 18.2. The van der Waals surface area contributed by atoms with E-state index in [1.807, 2.05) is 0 Å². The van der Waals surface area contributed by atoms with Crippen LogP contribution in [-0.4, -0.2) is 51.5 Å². The molecule has 0 radical (unpaired) electrons. The van der Waals surface area contributed by atoms with Gasteiger partial charge in [0.1, 0.15) is 0 Å². The molecule has 26 heavy (non-hydrogen) atoms. The fourth-order valence-corrected chi connectivity index (χ4v) is 2.83. The van der Waals surface area contributed by atoms with Crippen LogP contribution >= 0.6 is 24.0 Å². The van der Waals surface area contributed by atoms with Crippen LogP contribution in [0.25, 0.3) is 0 Å². The van der Waals surface area contributed by atoms with Crippen LogP contribution in [0.2, 0.25) is 0 Å². The Bertz CT molecular complexity index is 479. The summed E-state index contributed by atoms with van der Waals surface area (Å²) in [5, 5.41) is 6.69. The zero-order valence-electron chi connectivity index (χ0n) is 15.9. The topological polar surface area (TPSA) is 54.9 Å². The molecule has 1 aromatic rings. The lowest BCUT2D eigenvalue weighted by molar-refractivity contribution is -0.0320. The summed E-state index contributed by atoms with van der Waals surface area (Å²) in [5.74, 6) is 0.904. The van der Waals surface area contributed by atoms with Crippen molar-refractivity contribution in [2.45, 2.75) is 45.1 Å². The van der Waals surface area contributed by atoms with Crippen LogP contribution in [0, 0.1) is 0 Å². The minimum absolute atomic E-state index is 0. The smallest absolute Gasteiger partial charge is 0.191 e. The molecule has 2 rings (SSSR count). The molecule has 1 saturated heterocycles. The summed E-state index contributed by atoms with van der Waals surface area (Å²) in [4.78, 5) is 4.65. The zero-order chi connectivity index (χ0) is 17.6. The van der Waals surface area contributed by atoms with Crippen molar-refractivity contribution >= 4 is 29.9 Å². The molecule has 2 N–H and O–H groups in total. The van der Waals surface area contributed by atoms with E-state index in [0.717, 1.165) is 77.5 Å². The Morgan fingerprint density at radius 1 is 1.15 bits per heavy atom. The third kappa shape index (κ3) is 10.3. The van der Waals surface area contributed by atoms with Gasteiger partial charge in [-0.25, -0.2) is 0 Å². The van der Waals surface area contributed by atoms with E-state index in [1.165, 1.54) is 5.56 Å². The molecule has 0 aromatic heterocycles. The Kier molecular flexibility index (Phi) is 13.6. The number of hydrogen-bond acceptors (Lipinski definition) is 3. The number of benzene rings is 1. The molecule has 0 bridgehead atoms. The Morgan fingerprint density at radius 3 is 2.65 bits per heavy atom. The van der Waals surface area contributed by atoms with Crippen molar-refractivity contribution in [1.82, 2.24) is 10.6 Å². The second-order valence-electron chi connectivity index (χ2n) is 6.31. The highest BCUT2D eigenvalue weighted by molar-refractivity contribution is 14.0. The summed E-state index contributed by atoms with van der Waals surface area (Å²) in [6, 6.07) is 10.6. The number of ether oxygens (including phenoxy) is 2. The third-order valence-electron chi connectivity index (χ3n) is 4.22. The second-order valence-corrected chi connectivity index (χ2v) is 6.31. The summed E-state index contributed by atoms with van der Waals surface area (Å²) in [6.45, 7) is 7.16. The molecule has 0 saturated carbocycles. The first-order valence-corrected chi connectivity index (χ1v) is 9.64. The molecule has 1 aliphatic rings. The van der Waals surface area contributed by atoms with E-state index in [9.17, 15) is 0 Å². The van der Waals surface area contributed by atoms with Crippen molar-refractivity contribution in [1.29, 1.82) is 0 Å². The molecular weight excluding hydrogens is 441 g/mol. The largest absolute Gasteiger partial charge is 0.381 e. The van der Waals surface area contributed by atoms with Gasteiger partial charge in [-0.05, 0) is 44.6 Å². The molecule has 6 heteroatoms. The number of aliphatic imine (C=N–C) groups is 1. The number of hydrogen-bond donors (Lipinski definition) is 2.